The highest BCUT2D eigenvalue weighted by Gasteiger charge is 2.35. The minimum Gasteiger partial charge on any atom is -0.497 e. The summed E-state index contributed by atoms with van der Waals surface area (Å²) in [5, 5.41) is 2.97. The molecule has 1 atom stereocenters. The van der Waals surface area contributed by atoms with E-state index in [2.05, 4.69) is 5.32 Å². The number of amides is 2. The number of nitrogens with one attached hydrogen (secondary N) is 1. The van der Waals surface area contributed by atoms with Crippen LogP contribution in [0, 0.1) is 0 Å². The third-order valence-electron chi connectivity index (χ3n) is 4.70. The monoisotopic (exact) mass is 352 g/mol. The van der Waals surface area contributed by atoms with Gasteiger partial charge in [-0.05, 0) is 36.1 Å². The van der Waals surface area contributed by atoms with Gasteiger partial charge in [0.25, 0.3) is 0 Å². The first-order valence-corrected chi connectivity index (χ1v) is 8.91. The first-order chi connectivity index (χ1) is 12.7. The summed E-state index contributed by atoms with van der Waals surface area (Å²) in [5.74, 6) is 0.795. The summed E-state index contributed by atoms with van der Waals surface area (Å²) in [6.07, 6.45) is 1.76. The van der Waals surface area contributed by atoms with Gasteiger partial charge in [0, 0.05) is 19.5 Å². The van der Waals surface area contributed by atoms with Gasteiger partial charge in [0.05, 0.1) is 7.11 Å². The number of likely N-dealkylation sites (tertiary alicyclic amines) is 1. The predicted octanol–water partition coefficient (Wildman–Crippen LogP) is 2.55. The van der Waals surface area contributed by atoms with Crippen LogP contribution in [0.5, 0.6) is 5.75 Å². The molecule has 1 aliphatic heterocycles. The molecule has 0 spiro atoms. The van der Waals surface area contributed by atoms with E-state index in [1.165, 1.54) is 0 Å². The number of benzene rings is 2. The number of ether oxygens (including phenoxy) is 1. The molecule has 0 aliphatic carbocycles. The van der Waals surface area contributed by atoms with Crippen molar-refractivity contribution in [2.75, 3.05) is 13.7 Å². The van der Waals surface area contributed by atoms with Crippen molar-refractivity contribution in [3.8, 4) is 5.75 Å². The highest BCUT2D eigenvalue weighted by Crippen LogP contribution is 2.21. The van der Waals surface area contributed by atoms with Crippen molar-refractivity contribution >= 4 is 11.8 Å². The average Bonchev–Trinajstić information content (AvgIpc) is 3.03. The summed E-state index contributed by atoms with van der Waals surface area (Å²) < 4.78 is 5.14. The molecule has 1 aliphatic rings. The summed E-state index contributed by atoms with van der Waals surface area (Å²) in [7, 11) is 1.64. The van der Waals surface area contributed by atoms with Crippen molar-refractivity contribution in [2.45, 2.75) is 31.8 Å². The van der Waals surface area contributed by atoms with Crippen LogP contribution in [0.25, 0.3) is 0 Å². The van der Waals surface area contributed by atoms with E-state index in [9.17, 15) is 9.59 Å². The number of hydrogen-bond donors (Lipinski definition) is 1. The van der Waals surface area contributed by atoms with Gasteiger partial charge in [0.2, 0.25) is 11.8 Å². The van der Waals surface area contributed by atoms with Crippen molar-refractivity contribution < 1.29 is 14.3 Å². The second-order valence-electron chi connectivity index (χ2n) is 6.45. The van der Waals surface area contributed by atoms with E-state index in [4.69, 9.17) is 4.74 Å². The Morgan fingerprint density at radius 2 is 1.85 bits per heavy atom. The van der Waals surface area contributed by atoms with Gasteiger partial charge >= 0.3 is 0 Å². The number of nitrogens with zero attached hydrogens (tertiary/aromatic N) is 1. The van der Waals surface area contributed by atoms with Crippen molar-refractivity contribution in [2.24, 2.45) is 0 Å². The minimum atomic E-state index is -0.376. The Bertz CT molecular complexity index is 744. The van der Waals surface area contributed by atoms with Gasteiger partial charge in [0.1, 0.15) is 11.8 Å². The molecule has 2 aromatic carbocycles. The molecule has 1 N–H and O–H groups in total. The molecule has 0 radical (unpaired) electrons. The zero-order chi connectivity index (χ0) is 18.4. The normalized spacial score (nSPS) is 16.6. The molecule has 26 heavy (non-hydrogen) atoms. The van der Waals surface area contributed by atoms with E-state index in [1.54, 1.807) is 12.0 Å². The Kier molecular flexibility index (Phi) is 5.89. The lowest BCUT2D eigenvalue weighted by Crippen LogP contribution is -2.44. The van der Waals surface area contributed by atoms with Crippen LogP contribution in [0.15, 0.2) is 54.6 Å². The number of carbonyl (C=O) groups excluding carboxylic acids is 2. The van der Waals surface area contributed by atoms with Crippen molar-refractivity contribution in [3.63, 3.8) is 0 Å². The molecule has 1 fully saturated rings. The van der Waals surface area contributed by atoms with Crippen molar-refractivity contribution in [1.29, 1.82) is 0 Å². The van der Waals surface area contributed by atoms with Crippen LogP contribution in [0.4, 0.5) is 0 Å². The van der Waals surface area contributed by atoms with Crippen LogP contribution < -0.4 is 10.1 Å². The van der Waals surface area contributed by atoms with Gasteiger partial charge in [-0.25, -0.2) is 0 Å². The van der Waals surface area contributed by atoms with E-state index >= 15 is 0 Å². The molecule has 136 valence electrons. The van der Waals surface area contributed by atoms with E-state index in [0.29, 0.717) is 25.9 Å². The Morgan fingerprint density at radius 1 is 1.12 bits per heavy atom. The number of methoxy groups -OCH3 is 1. The summed E-state index contributed by atoms with van der Waals surface area (Å²) in [5.41, 5.74) is 2.17. The first-order valence-electron chi connectivity index (χ1n) is 8.91. The second-order valence-corrected chi connectivity index (χ2v) is 6.45. The number of rotatable bonds is 7. The smallest absolute Gasteiger partial charge is 0.242 e. The summed E-state index contributed by atoms with van der Waals surface area (Å²) in [4.78, 5) is 26.4. The lowest BCUT2D eigenvalue weighted by atomic mass is 10.1. The van der Waals surface area contributed by atoms with Crippen LogP contribution in [-0.4, -0.2) is 36.4 Å². The maximum Gasteiger partial charge on any atom is 0.242 e. The van der Waals surface area contributed by atoms with Gasteiger partial charge < -0.3 is 15.0 Å². The molecule has 5 nitrogen and oxygen atoms in total. The molecule has 0 saturated carbocycles. The number of hydrogen-bond acceptors (Lipinski definition) is 3. The zero-order valence-electron chi connectivity index (χ0n) is 15.0. The third-order valence-corrected chi connectivity index (χ3v) is 4.70. The zero-order valence-corrected chi connectivity index (χ0v) is 15.0. The summed E-state index contributed by atoms with van der Waals surface area (Å²) in [6.45, 7) is 1.03. The fourth-order valence-electron chi connectivity index (χ4n) is 3.22. The molecule has 1 heterocycles. The maximum absolute atomic E-state index is 12.6. The summed E-state index contributed by atoms with van der Waals surface area (Å²) in [6, 6.07) is 17.2. The molecule has 3 rings (SSSR count). The molecule has 2 amide bonds. The molecule has 1 unspecified atom stereocenters. The lowest BCUT2D eigenvalue weighted by Gasteiger charge is -2.24. The number of carbonyl (C=O) groups is 2. The molecular formula is C21H24N2O3. The van der Waals surface area contributed by atoms with Gasteiger partial charge in [-0.15, -0.1) is 0 Å². The van der Waals surface area contributed by atoms with Crippen molar-refractivity contribution in [1.82, 2.24) is 10.2 Å². The van der Waals surface area contributed by atoms with E-state index < -0.39 is 0 Å². The van der Waals surface area contributed by atoms with E-state index in [1.807, 2.05) is 54.6 Å². The van der Waals surface area contributed by atoms with Gasteiger partial charge in [-0.2, -0.15) is 0 Å². The third kappa shape index (κ3) is 4.42. The summed E-state index contributed by atoms with van der Waals surface area (Å²) >= 11 is 0. The largest absolute Gasteiger partial charge is 0.497 e. The predicted molar refractivity (Wildman–Crippen MR) is 99.7 cm³/mol. The molecule has 0 bridgehead atoms. The van der Waals surface area contributed by atoms with Crippen LogP contribution in [0.3, 0.4) is 0 Å². The van der Waals surface area contributed by atoms with E-state index in [-0.39, 0.29) is 17.9 Å². The standard InChI is InChI=1S/C21H24N2O3/c1-26-18-9-7-16(8-10-18)13-14-22-21(25)19-11-12-20(24)23(19)15-17-5-3-2-4-6-17/h2-10,19H,11-15H2,1H3,(H,22,25). The lowest BCUT2D eigenvalue weighted by molar-refractivity contribution is -0.135. The van der Waals surface area contributed by atoms with Crippen LogP contribution in [0.2, 0.25) is 0 Å². The minimum absolute atomic E-state index is 0.0455. The van der Waals surface area contributed by atoms with E-state index in [0.717, 1.165) is 23.3 Å². The SMILES string of the molecule is COc1ccc(CCNC(=O)C2CCC(=O)N2Cc2ccccc2)cc1. The fourth-order valence-corrected chi connectivity index (χ4v) is 3.22. The van der Waals surface area contributed by atoms with Crippen LogP contribution in [0.1, 0.15) is 24.0 Å². The second kappa shape index (κ2) is 8.52. The van der Waals surface area contributed by atoms with Gasteiger partial charge in [-0.1, -0.05) is 42.5 Å². The Labute approximate surface area is 154 Å². The highest BCUT2D eigenvalue weighted by atomic mass is 16.5. The highest BCUT2D eigenvalue weighted by molar-refractivity contribution is 5.90. The molecule has 1 saturated heterocycles. The quantitative estimate of drug-likeness (QED) is 0.833. The maximum atomic E-state index is 12.6. The van der Waals surface area contributed by atoms with Gasteiger partial charge in [-0.3, -0.25) is 9.59 Å². The Morgan fingerprint density at radius 3 is 2.54 bits per heavy atom. The van der Waals surface area contributed by atoms with Crippen LogP contribution >= 0.6 is 0 Å². The fraction of sp³-hybridized carbons (Fsp3) is 0.333. The molecular weight excluding hydrogens is 328 g/mol. The molecule has 0 aromatic heterocycles. The molecule has 5 heteroatoms. The Hall–Kier alpha value is -2.82. The molecule has 2 aromatic rings. The average molecular weight is 352 g/mol. The van der Waals surface area contributed by atoms with Crippen LogP contribution in [-0.2, 0) is 22.6 Å². The topological polar surface area (TPSA) is 58.6 Å². The van der Waals surface area contributed by atoms with Crippen molar-refractivity contribution in [3.05, 3.63) is 65.7 Å². The first kappa shape index (κ1) is 18.0. The van der Waals surface area contributed by atoms with Gasteiger partial charge in [0.15, 0.2) is 0 Å². The Balaban J connectivity index is 1.53.